The van der Waals surface area contributed by atoms with Crippen molar-refractivity contribution in [3.63, 3.8) is 0 Å². The Bertz CT molecular complexity index is 754. The molecule has 0 bridgehead atoms. The van der Waals surface area contributed by atoms with E-state index in [1.54, 1.807) is 30.6 Å². The summed E-state index contributed by atoms with van der Waals surface area (Å²) >= 11 is 5.75. The van der Waals surface area contributed by atoms with Gasteiger partial charge in [0.15, 0.2) is 0 Å². The van der Waals surface area contributed by atoms with Gasteiger partial charge in [-0.3, -0.25) is 14.8 Å². The van der Waals surface area contributed by atoms with Crippen LogP contribution in [0.3, 0.4) is 0 Å². The van der Waals surface area contributed by atoms with Crippen LogP contribution in [0.5, 0.6) is 0 Å². The van der Waals surface area contributed by atoms with Crippen LogP contribution in [-0.4, -0.2) is 15.9 Å². The van der Waals surface area contributed by atoms with E-state index in [9.17, 15) is 4.79 Å². The molecule has 0 radical (unpaired) electrons. The number of aromatic nitrogens is 2. The Labute approximate surface area is 113 Å². The van der Waals surface area contributed by atoms with E-state index in [4.69, 9.17) is 16.0 Å². The standard InChI is InChI=1S/C13H8ClN3O2/c14-12-9(3-6-19-12)13(18)17-8-1-2-10-11(7-8)16-5-4-15-10/h1-7H,(H,17,18). The number of carbonyl (C=O) groups excluding carboxylic acids is 1. The summed E-state index contributed by atoms with van der Waals surface area (Å²) in [5, 5.41) is 2.79. The molecule has 3 rings (SSSR count). The monoisotopic (exact) mass is 273 g/mol. The summed E-state index contributed by atoms with van der Waals surface area (Å²) in [4.78, 5) is 20.3. The van der Waals surface area contributed by atoms with Crippen molar-refractivity contribution in [2.24, 2.45) is 0 Å². The fourth-order valence-electron chi connectivity index (χ4n) is 1.70. The van der Waals surface area contributed by atoms with E-state index in [-0.39, 0.29) is 11.1 Å². The predicted octanol–water partition coefficient (Wildman–Crippen LogP) is 3.13. The minimum Gasteiger partial charge on any atom is -0.452 e. The van der Waals surface area contributed by atoms with Crippen LogP contribution in [0.1, 0.15) is 10.4 Å². The molecule has 0 saturated carbocycles. The smallest absolute Gasteiger partial charge is 0.260 e. The number of anilines is 1. The van der Waals surface area contributed by atoms with Crippen molar-refractivity contribution < 1.29 is 9.21 Å². The molecule has 0 atom stereocenters. The topological polar surface area (TPSA) is 68.0 Å². The van der Waals surface area contributed by atoms with Crippen LogP contribution in [0.25, 0.3) is 11.0 Å². The van der Waals surface area contributed by atoms with E-state index in [2.05, 4.69) is 15.3 Å². The third kappa shape index (κ3) is 2.28. The van der Waals surface area contributed by atoms with Gasteiger partial charge in [-0.15, -0.1) is 0 Å². The summed E-state index contributed by atoms with van der Waals surface area (Å²) in [6.07, 6.45) is 4.58. The Balaban J connectivity index is 1.89. The Morgan fingerprint density at radius 3 is 2.68 bits per heavy atom. The van der Waals surface area contributed by atoms with E-state index < -0.39 is 0 Å². The summed E-state index contributed by atoms with van der Waals surface area (Å²) in [5.74, 6) is -0.331. The molecule has 5 nitrogen and oxygen atoms in total. The van der Waals surface area contributed by atoms with Crippen LogP contribution in [0.2, 0.25) is 5.22 Å². The second-order valence-corrected chi connectivity index (χ2v) is 4.17. The van der Waals surface area contributed by atoms with Gasteiger partial charge in [-0.25, -0.2) is 0 Å². The van der Waals surface area contributed by atoms with Crippen molar-refractivity contribution in [3.8, 4) is 0 Å². The lowest BCUT2D eigenvalue weighted by Crippen LogP contribution is -2.11. The fourth-order valence-corrected chi connectivity index (χ4v) is 1.90. The number of nitrogens with one attached hydrogen (secondary N) is 1. The van der Waals surface area contributed by atoms with Gasteiger partial charge in [0.25, 0.3) is 5.91 Å². The van der Waals surface area contributed by atoms with Crippen LogP contribution in [-0.2, 0) is 0 Å². The second kappa shape index (κ2) is 4.70. The molecule has 0 spiro atoms. The molecule has 2 heterocycles. The quantitative estimate of drug-likeness (QED) is 0.779. The predicted molar refractivity (Wildman–Crippen MR) is 71.2 cm³/mol. The highest BCUT2D eigenvalue weighted by atomic mass is 35.5. The highest BCUT2D eigenvalue weighted by Crippen LogP contribution is 2.20. The summed E-state index contributed by atoms with van der Waals surface area (Å²) in [7, 11) is 0. The van der Waals surface area contributed by atoms with Gasteiger partial charge in [-0.1, -0.05) is 0 Å². The summed E-state index contributed by atoms with van der Waals surface area (Å²) < 4.78 is 4.88. The first kappa shape index (κ1) is 11.7. The molecule has 0 aliphatic heterocycles. The molecule has 0 saturated heterocycles. The average molecular weight is 274 g/mol. The van der Waals surface area contributed by atoms with Crippen molar-refractivity contribution in [3.05, 3.63) is 53.7 Å². The van der Waals surface area contributed by atoms with Crippen molar-refractivity contribution >= 4 is 34.2 Å². The van der Waals surface area contributed by atoms with Gasteiger partial charge in [0, 0.05) is 18.1 Å². The van der Waals surface area contributed by atoms with Gasteiger partial charge >= 0.3 is 0 Å². The van der Waals surface area contributed by atoms with Gasteiger partial charge in [0.2, 0.25) is 5.22 Å². The van der Waals surface area contributed by atoms with Gasteiger partial charge in [0.1, 0.15) is 0 Å². The van der Waals surface area contributed by atoms with Gasteiger partial charge in [-0.05, 0) is 35.9 Å². The Hall–Kier alpha value is -2.40. The molecular weight excluding hydrogens is 266 g/mol. The number of carbonyl (C=O) groups is 1. The number of nitrogens with zero attached hydrogens (tertiary/aromatic N) is 2. The van der Waals surface area contributed by atoms with E-state index in [0.717, 1.165) is 5.52 Å². The molecule has 1 amide bonds. The zero-order valence-corrected chi connectivity index (χ0v) is 10.4. The lowest BCUT2D eigenvalue weighted by molar-refractivity contribution is 0.102. The molecule has 19 heavy (non-hydrogen) atoms. The fraction of sp³-hybridized carbons (Fsp3) is 0. The molecule has 0 fully saturated rings. The molecule has 0 aliphatic rings. The van der Waals surface area contributed by atoms with Crippen LogP contribution >= 0.6 is 11.6 Å². The van der Waals surface area contributed by atoms with E-state index >= 15 is 0 Å². The van der Waals surface area contributed by atoms with Crippen molar-refractivity contribution in [2.75, 3.05) is 5.32 Å². The zero-order chi connectivity index (χ0) is 13.2. The summed E-state index contributed by atoms with van der Waals surface area (Å²) in [5.41, 5.74) is 2.39. The number of amides is 1. The third-order valence-corrected chi connectivity index (χ3v) is 2.88. The zero-order valence-electron chi connectivity index (χ0n) is 9.63. The number of halogens is 1. The van der Waals surface area contributed by atoms with E-state index in [1.165, 1.54) is 12.3 Å². The van der Waals surface area contributed by atoms with Crippen LogP contribution < -0.4 is 5.32 Å². The Morgan fingerprint density at radius 1 is 1.16 bits per heavy atom. The molecule has 94 valence electrons. The minimum atomic E-state index is -0.331. The van der Waals surface area contributed by atoms with Gasteiger partial charge in [0.05, 0.1) is 22.9 Å². The SMILES string of the molecule is O=C(Nc1ccc2nccnc2c1)c1ccoc1Cl. The van der Waals surface area contributed by atoms with Crippen LogP contribution in [0.4, 0.5) is 5.69 Å². The Morgan fingerprint density at radius 2 is 1.95 bits per heavy atom. The lowest BCUT2D eigenvalue weighted by atomic mass is 10.2. The molecule has 0 aliphatic carbocycles. The molecule has 6 heteroatoms. The number of benzene rings is 1. The molecule has 1 aromatic carbocycles. The van der Waals surface area contributed by atoms with Crippen LogP contribution in [0, 0.1) is 0 Å². The summed E-state index contributed by atoms with van der Waals surface area (Å²) in [6.45, 7) is 0. The van der Waals surface area contributed by atoms with E-state index in [1.807, 2.05) is 0 Å². The number of hydrogen-bond acceptors (Lipinski definition) is 4. The molecule has 3 aromatic rings. The van der Waals surface area contributed by atoms with Crippen molar-refractivity contribution in [2.45, 2.75) is 0 Å². The highest BCUT2D eigenvalue weighted by Gasteiger charge is 2.13. The van der Waals surface area contributed by atoms with Gasteiger partial charge < -0.3 is 9.73 Å². The summed E-state index contributed by atoms with van der Waals surface area (Å²) in [6, 6.07) is 6.80. The minimum absolute atomic E-state index is 0.0677. The number of rotatable bonds is 2. The lowest BCUT2D eigenvalue weighted by Gasteiger charge is -2.04. The van der Waals surface area contributed by atoms with Crippen LogP contribution in [0.15, 0.2) is 47.3 Å². The normalized spacial score (nSPS) is 10.6. The van der Waals surface area contributed by atoms with Crippen molar-refractivity contribution in [1.29, 1.82) is 0 Å². The largest absolute Gasteiger partial charge is 0.452 e. The maximum absolute atomic E-state index is 11.9. The van der Waals surface area contributed by atoms with E-state index in [0.29, 0.717) is 16.8 Å². The molecular formula is C13H8ClN3O2. The number of fused-ring (bicyclic) bond motifs is 1. The molecule has 1 N–H and O–H groups in total. The van der Waals surface area contributed by atoms with Crippen molar-refractivity contribution in [1.82, 2.24) is 9.97 Å². The third-order valence-electron chi connectivity index (χ3n) is 2.59. The maximum Gasteiger partial charge on any atom is 0.260 e. The molecule has 2 aromatic heterocycles. The first-order valence-electron chi connectivity index (χ1n) is 5.49. The average Bonchev–Trinajstić information content (AvgIpc) is 2.85. The number of furan rings is 1. The first-order valence-corrected chi connectivity index (χ1v) is 5.87. The second-order valence-electron chi connectivity index (χ2n) is 3.82. The number of hydrogen-bond donors (Lipinski definition) is 1. The molecule has 0 unspecified atom stereocenters. The highest BCUT2D eigenvalue weighted by molar-refractivity contribution is 6.32. The maximum atomic E-state index is 11.9. The van der Waals surface area contributed by atoms with Gasteiger partial charge in [-0.2, -0.15) is 0 Å². The Kier molecular flexibility index (Phi) is 2.89. The first-order chi connectivity index (χ1) is 9.24.